The van der Waals surface area contributed by atoms with E-state index in [0.29, 0.717) is 52.2 Å². The molecular weight excluding hydrogens is 933 g/mol. The minimum Gasteiger partial charge on any atom is -0.496 e. The van der Waals surface area contributed by atoms with Crippen LogP contribution >= 0.6 is 0 Å². The lowest BCUT2D eigenvalue weighted by atomic mass is 9.93. The first-order valence-electron chi connectivity index (χ1n) is 24.8. The summed E-state index contributed by atoms with van der Waals surface area (Å²) in [7, 11) is 5.63. The number of alkyl carbamates (subject to hydrolysis) is 1. The number of fused-ring (bicyclic) bond motifs is 5. The summed E-state index contributed by atoms with van der Waals surface area (Å²) in [5, 5.41) is 13.9. The highest BCUT2D eigenvalue weighted by Crippen LogP contribution is 2.40. The van der Waals surface area contributed by atoms with Crippen LogP contribution in [0.25, 0.3) is 22.3 Å². The molecule has 0 radical (unpaired) electrons. The first-order valence-corrected chi connectivity index (χ1v) is 24.8. The number of hydrogen-bond donors (Lipinski definition) is 5. The van der Waals surface area contributed by atoms with Gasteiger partial charge in [-0.05, 0) is 124 Å². The molecule has 5 atom stereocenters. The van der Waals surface area contributed by atoms with Crippen LogP contribution in [0.2, 0.25) is 0 Å². The van der Waals surface area contributed by atoms with E-state index in [-0.39, 0.29) is 31.8 Å². The van der Waals surface area contributed by atoms with E-state index in [1.54, 1.807) is 76.2 Å². The fourth-order valence-corrected chi connectivity index (χ4v) is 8.40. The van der Waals surface area contributed by atoms with Gasteiger partial charge in [-0.3, -0.25) is 24.0 Å². The lowest BCUT2D eigenvalue weighted by Crippen LogP contribution is -2.55. The molecule has 4 aromatic rings. The van der Waals surface area contributed by atoms with Gasteiger partial charge >= 0.3 is 12.1 Å². The molecule has 0 aliphatic carbocycles. The number of carbonyl (C=O) groups excluding carboxylic acids is 7. The summed E-state index contributed by atoms with van der Waals surface area (Å²) < 4.78 is 21.9. The van der Waals surface area contributed by atoms with Gasteiger partial charge in [0.25, 0.3) is 5.91 Å². The van der Waals surface area contributed by atoms with Crippen LogP contribution in [0.1, 0.15) is 107 Å². The number of hydrogen-bond acceptors (Lipinski definition) is 11. The fraction of sp³-hybridized carbons (Fsp3) is 0.446. The molecule has 17 heteroatoms. The molecule has 4 bridgehead atoms. The predicted molar refractivity (Wildman–Crippen MR) is 278 cm³/mol. The molecule has 1 heterocycles. The molecule has 0 saturated carbocycles. The third kappa shape index (κ3) is 15.8. The van der Waals surface area contributed by atoms with E-state index in [1.165, 1.54) is 45.8 Å². The number of carbonyl (C=O) groups is 7. The lowest BCUT2D eigenvalue weighted by Gasteiger charge is -2.33. The SMILES string of the molecule is CCCCc1ccc(-c2ccc(C(=O)NC[C@@H](C)C(=O)N[C@@H](CCCCNC(=O)OC(C)(C)C)C(=O)N(C)C3C(=O)N[C@@H](C)C(=O)N[C@H](C(=O)OC)Cc4ccc(OC)c(c4)-c4cc3ccc4OC)cc2)cc1. The lowest BCUT2D eigenvalue weighted by molar-refractivity contribution is -0.145. The third-order valence-electron chi connectivity index (χ3n) is 12.5. The largest absolute Gasteiger partial charge is 0.496 e. The van der Waals surface area contributed by atoms with Crippen LogP contribution in [0.15, 0.2) is 84.9 Å². The molecule has 0 fully saturated rings. The smallest absolute Gasteiger partial charge is 0.407 e. The zero-order valence-electron chi connectivity index (χ0n) is 43.8. The highest BCUT2D eigenvalue weighted by molar-refractivity contribution is 5.97. The van der Waals surface area contributed by atoms with Crippen molar-refractivity contribution in [2.24, 2.45) is 5.92 Å². The number of benzene rings is 4. The number of unbranched alkanes of at least 4 members (excludes halogenated alkanes) is 2. The monoisotopic (exact) mass is 1000 g/mol. The molecule has 73 heavy (non-hydrogen) atoms. The molecule has 0 aromatic heterocycles. The zero-order valence-corrected chi connectivity index (χ0v) is 43.8. The van der Waals surface area contributed by atoms with Gasteiger partial charge in [-0.25, -0.2) is 9.59 Å². The first-order chi connectivity index (χ1) is 34.8. The van der Waals surface area contributed by atoms with Crippen molar-refractivity contribution in [1.29, 1.82) is 0 Å². The molecule has 0 spiro atoms. The molecule has 5 rings (SSSR count). The van der Waals surface area contributed by atoms with Crippen molar-refractivity contribution >= 4 is 41.6 Å². The average molecular weight is 1010 g/mol. The van der Waals surface area contributed by atoms with Gasteiger partial charge in [-0.15, -0.1) is 0 Å². The first kappa shape index (κ1) is 56.5. The maximum Gasteiger partial charge on any atom is 0.407 e. The van der Waals surface area contributed by atoms with Crippen LogP contribution in [0.4, 0.5) is 4.79 Å². The highest BCUT2D eigenvalue weighted by Gasteiger charge is 2.36. The Hall–Kier alpha value is -7.43. The predicted octanol–water partition coefficient (Wildman–Crippen LogP) is 6.84. The zero-order chi connectivity index (χ0) is 53.4. The minimum atomic E-state index is -1.39. The maximum absolute atomic E-state index is 14.9. The summed E-state index contributed by atoms with van der Waals surface area (Å²) in [5.41, 5.74) is 5.01. The van der Waals surface area contributed by atoms with E-state index < -0.39 is 71.4 Å². The van der Waals surface area contributed by atoms with Gasteiger partial charge in [0.05, 0.1) is 27.2 Å². The van der Waals surface area contributed by atoms with Crippen molar-refractivity contribution in [2.75, 3.05) is 41.5 Å². The normalized spacial score (nSPS) is 16.5. The number of nitrogens with one attached hydrogen (secondary N) is 5. The Balaban J connectivity index is 1.41. The Morgan fingerprint density at radius 1 is 0.781 bits per heavy atom. The number of rotatable bonds is 19. The molecule has 17 nitrogen and oxygen atoms in total. The number of methoxy groups -OCH3 is 3. The summed E-state index contributed by atoms with van der Waals surface area (Å²) in [6, 6.07) is 21.0. The maximum atomic E-state index is 14.9. The topological polar surface area (TPSA) is 220 Å². The van der Waals surface area contributed by atoms with Crippen LogP contribution in [0, 0.1) is 5.92 Å². The van der Waals surface area contributed by atoms with Crippen molar-refractivity contribution in [1.82, 2.24) is 31.5 Å². The molecule has 392 valence electrons. The minimum absolute atomic E-state index is 0.0516. The van der Waals surface area contributed by atoms with E-state index in [1.807, 2.05) is 12.1 Å². The van der Waals surface area contributed by atoms with E-state index in [2.05, 4.69) is 57.8 Å². The van der Waals surface area contributed by atoms with Gasteiger partial charge in [0.2, 0.25) is 23.6 Å². The van der Waals surface area contributed by atoms with Gasteiger partial charge in [-0.1, -0.05) is 68.8 Å². The van der Waals surface area contributed by atoms with E-state index in [0.717, 1.165) is 30.4 Å². The van der Waals surface area contributed by atoms with Crippen LogP contribution in [0.5, 0.6) is 11.5 Å². The number of nitrogens with zero attached hydrogens (tertiary/aromatic N) is 1. The Labute approximate surface area is 428 Å². The van der Waals surface area contributed by atoms with Crippen molar-refractivity contribution in [3.05, 3.63) is 107 Å². The number of aryl methyl sites for hydroxylation is 1. The van der Waals surface area contributed by atoms with Crippen molar-refractivity contribution in [3.63, 3.8) is 0 Å². The second-order valence-corrected chi connectivity index (χ2v) is 19.3. The van der Waals surface area contributed by atoms with Crippen LogP contribution in [0.3, 0.4) is 0 Å². The molecule has 5 N–H and O–H groups in total. The summed E-state index contributed by atoms with van der Waals surface area (Å²) in [5.74, 6) is -3.61. The Morgan fingerprint density at radius 2 is 1.41 bits per heavy atom. The van der Waals surface area contributed by atoms with Gasteiger partial charge in [0, 0.05) is 43.2 Å². The van der Waals surface area contributed by atoms with Crippen molar-refractivity contribution < 1.29 is 52.5 Å². The van der Waals surface area contributed by atoms with Gasteiger partial charge in [-0.2, -0.15) is 0 Å². The number of esters is 1. The fourth-order valence-electron chi connectivity index (χ4n) is 8.40. The second-order valence-electron chi connectivity index (χ2n) is 19.3. The molecular formula is C56H72N6O11. The third-order valence-corrected chi connectivity index (χ3v) is 12.5. The molecule has 1 aliphatic heterocycles. The van der Waals surface area contributed by atoms with E-state index >= 15 is 0 Å². The molecule has 0 saturated heterocycles. The second kappa shape index (κ2) is 26.3. The quantitative estimate of drug-likeness (QED) is 0.0484. The molecule has 1 aliphatic rings. The van der Waals surface area contributed by atoms with E-state index in [4.69, 9.17) is 18.9 Å². The summed E-state index contributed by atoms with van der Waals surface area (Å²) >= 11 is 0. The Morgan fingerprint density at radius 3 is 2.03 bits per heavy atom. The van der Waals surface area contributed by atoms with Gasteiger partial charge in [0.1, 0.15) is 41.3 Å². The summed E-state index contributed by atoms with van der Waals surface area (Å²) in [4.78, 5) is 97.2. The van der Waals surface area contributed by atoms with Crippen molar-refractivity contribution in [2.45, 2.75) is 116 Å². The molecule has 6 amide bonds. The van der Waals surface area contributed by atoms with Crippen molar-refractivity contribution in [3.8, 4) is 33.8 Å². The standard InChI is InChI=1S/C56H72N6O11/c1-11-12-15-36-17-20-38(21-18-36)39-22-24-40(25-23-39)51(65)58-33-34(2)49(63)60-44(16-13-14-29-57-55(69)73-56(4,5)6)53(67)62(7)48-41-26-28-47(71-9)43(32-41)42-30-37(19-27-46(42)70-8)31-45(54(68)72-10)61-50(64)35(3)59-52(48)66/h17-28,30,32,34-35,44-45,48H,11-16,29,31,33H2,1-10H3,(H,57,69)(H,58,65)(H,59,66)(H,60,63)(H,61,64)/t34-,35+,44+,45+,48?/m1/s1. The Bertz CT molecular complexity index is 2580. The Kier molecular flexibility index (Phi) is 20.4. The summed E-state index contributed by atoms with van der Waals surface area (Å²) in [6.07, 6.45) is 3.58. The van der Waals surface area contributed by atoms with Gasteiger partial charge < -0.3 is 50.4 Å². The molecule has 4 aromatic carbocycles. The van der Waals surface area contributed by atoms with Crippen LogP contribution in [-0.4, -0.2) is 112 Å². The van der Waals surface area contributed by atoms with Crippen LogP contribution < -0.4 is 36.1 Å². The van der Waals surface area contributed by atoms with Gasteiger partial charge in [0.15, 0.2) is 0 Å². The highest BCUT2D eigenvalue weighted by atomic mass is 16.6. The number of amides is 6. The molecule has 1 unspecified atom stereocenters. The van der Waals surface area contributed by atoms with E-state index in [9.17, 15) is 33.6 Å². The van der Waals surface area contributed by atoms with Crippen LogP contribution in [-0.2, 0) is 46.3 Å². The number of ether oxygens (including phenoxy) is 4. The number of likely N-dealkylation sites (N-methyl/N-ethyl adjacent to an activating group) is 1. The average Bonchev–Trinajstić information content (AvgIpc) is 3.37. The summed E-state index contributed by atoms with van der Waals surface area (Å²) in [6.45, 7) is 10.7.